The van der Waals surface area contributed by atoms with Gasteiger partial charge in [0.05, 0.1) is 5.52 Å². The number of para-hydroxylation sites is 1. The Labute approximate surface area is 88.7 Å². The van der Waals surface area contributed by atoms with E-state index in [1.54, 1.807) is 10.8 Å². The van der Waals surface area contributed by atoms with Crippen molar-refractivity contribution < 1.29 is 4.79 Å². The number of carbonyl (C=O) groups excluding carboxylic acids is 1. The molecule has 0 saturated carbocycles. The highest BCUT2D eigenvalue weighted by molar-refractivity contribution is 5.91. The fourth-order valence-electron chi connectivity index (χ4n) is 1.58. The van der Waals surface area contributed by atoms with E-state index in [1.165, 1.54) is 0 Å². The first-order valence-electron chi connectivity index (χ1n) is 5.05. The monoisotopic (exact) mass is 202 g/mol. The summed E-state index contributed by atoms with van der Waals surface area (Å²) in [6, 6.07) is 9.85. The van der Waals surface area contributed by atoms with Crippen molar-refractivity contribution in [3.63, 3.8) is 0 Å². The van der Waals surface area contributed by atoms with Crippen LogP contribution in [0.25, 0.3) is 10.9 Å². The number of amides is 1. The zero-order valence-electron chi connectivity index (χ0n) is 8.90. The van der Waals surface area contributed by atoms with Crippen LogP contribution < -0.4 is 5.32 Å². The zero-order chi connectivity index (χ0) is 10.8. The van der Waals surface area contributed by atoms with E-state index in [1.807, 2.05) is 44.2 Å². The summed E-state index contributed by atoms with van der Waals surface area (Å²) in [4.78, 5) is 11.8. The van der Waals surface area contributed by atoms with Crippen LogP contribution in [0, 0.1) is 0 Å². The molecule has 1 aromatic heterocycles. The predicted octanol–water partition coefficient (Wildman–Crippen LogP) is 2.61. The quantitative estimate of drug-likeness (QED) is 0.757. The van der Waals surface area contributed by atoms with Gasteiger partial charge in [-0.25, -0.2) is 4.79 Å². The fraction of sp³-hybridized carbons (Fsp3) is 0.250. The molecule has 0 unspecified atom stereocenters. The average Bonchev–Trinajstić information content (AvgIpc) is 2.59. The molecule has 0 aliphatic rings. The fourth-order valence-corrected chi connectivity index (χ4v) is 1.58. The summed E-state index contributed by atoms with van der Waals surface area (Å²) >= 11 is 0. The first-order chi connectivity index (χ1) is 7.18. The smallest absolute Gasteiger partial charge is 0.326 e. The Morgan fingerprint density at radius 3 is 2.73 bits per heavy atom. The first kappa shape index (κ1) is 9.77. The zero-order valence-corrected chi connectivity index (χ0v) is 8.90. The molecule has 78 valence electrons. The molecule has 2 rings (SSSR count). The Balaban J connectivity index is 2.40. The standard InChI is InChI=1S/C12H14N2O/c1-9(2)13-12(15)14-8-7-10-5-3-4-6-11(10)14/h3-9H,1-2H3,(H,13,15). The lowest BCUT2D eigenvalue weighted by atomic mass is 10.2. The van der Waals surface area contributed by atoms with Gasteiger partial charge >= 0.3 is 6.03 Å². The van der Waals surface area contributed by atoms with Crippen molar-refractivity contribution >= 4 is 16.9 Å². The maximum atomic E-state index is 11.8. The number of nitrogens with zero attached hydrogens (tertiary/aromatic N) is 1. The van der Waals surface area contributed by atoms with E-state index in [0.29, 0.717) is 0 Å². The SMILES string of the molecule is CC(C)NC(=O)n1ccc2ccccc21. The predicted molar refractivity (Wildman–Crippen MR) is 61.0 cm³/mol. The van der Waals surface area contributed by atoms with Crippen LogP contribution in [0.3, 0.4) is 0 Å². The van der Waals surface area contributed by atoms with Gasteiger partial charge in [-0.05, 0) is 26.0 Å². The van der Waals surface area contributed by atoms with Gasteiger partial charge in [0.2, 0.25) is 0 Å². The Bertz CT molecular complexity index is 485. The second-order valence-corrected chi connectivity index (χ2v) is 3.85. The number of hydrogen-bond acceptors (Lipinski definition) is 1. The molecule has 0 saturated heterocycles. The number of fused-ring (bicyclic) bond motifs is 1. The number of aromatic nitrogens is 1. The van der Waals surface area contributed by atoms with E-state index in [0.717, 1.165) is 10.9 Å². The molecule has 3 nitrogen and oxygen atoms in total. The van der Waals surface area contributed by atoms with Crippen LogP contribution in [0.15, 0.2) is 36.5 Å². The molecule has 0 atom stereocenters. The van der Waals surface area contributed by atoms with Crippen molar-refractivity contribution in [2.45, 2.75) is 19.9 Å². The van der Waals surface area contributed by atoms with E-state index >= 15 is 0 Å². The Morgan fingerprint density at radius 2 is 2.00 bits per heavy atom. The van der Waals surface area contributed by atoms with Crippen molar-refractivity contribution in [3.8, 4) is 0 Å². The molecule has 0 fully saturated rings. The molecule has 0 spiro atoms. The third-order valence-corrected chi connectivity index (χ3v) is 2.23. The van der Waals surface area contributed by atoms with Gasteiger partial charge in [-0.2, -0.15) is 0 Å². The van der Waals surface area contributed by atoms with Gasteiger partial charge in [-0.1, -0.05) is 18.2 Å². The van der Waals surface area contributed by atoms with Crippen molar-refractivity contribution in [2.24, 2.45) is 0 Å². The highest BCUT2D eigenvalue weighted by Gasteiger charge is 2.08. The number of carbonyl (C=O) groups is 1. The van der Waals surface area contributed by atoms with Gasteiger partial charge in [0.25, 0.3) is 0 Å². The van der Waals surface area contributed by atoms with E-state index in [2.05, 4.69) is 5.32 Å². The average molecular weight is 202 g/mol. The third-order valence-electron chi connectivity index (χ3n) is 2.23. The van der Waals surface area contributed by atoms with Crippen molar-refractivity contribution in [1.29, 1.82) is 0 Å². The van der Waals surface area contributed by atoms with Crippen LogP contribution in [-0.4, -0.2) is 16.6 Å². The second-order valence-electron chi connectivity index (χ2n) is 3.85. The molecular weight excluding hydrogens is 188 g/mol. The normalized spacial score (nSPS) is 10.9. The van der Waals surface area contributed by atoms with Crippen LogP contribution in [-0.2, 0) is 0 Å². The van der Waals surface area contributed by atoms with Crippen LogP contribution >= 0.6 is 0 Å². The molecule has 1 N–H and O–H groups in total. The summed E-state index contributed by atoms with van der Waals surface area (Å²) in [5, 5.41) is 3.94. The molecule has 0 aliphatic heterocycles. The van der Waals surface area contributed by atoms with E-state index < -0.39 is 0 Å². The molecule has 0 aliphatic carbocycles. The number of benzene rings is 1. The minimum Gasteiger partial charge on any atom is -0.335 e. The summed E-state index contributed by atoms with van der Waals surface area (Å²) in [6.07, 6.45) is 1.79. The maximum absolute atomic E-state index is 11.8. The second kappa shape index (κ2) is 3.77. The molecule has 3 heteroatoms. The topological polar surface area (TPSA) is 34.0 Å². The van der Waals surface area contributed by atoms with E-state index in [4.69, 9.17) is 0 Å². The van der Waals surface area contributed by atoms with Crippen LogP contribution in [0.4, 0.5) is 4.79 Å². The summed E-state index contributed by atoms with van der Waals surface area (Å²) in [6.45, 7) is 3.90. The van der Waals surface area contributed by atoms with Gasteiger partial charge < -0.3 is 5.32 Å². The van der Waals surface area contributed by atoms with E-state index in [-0.39, 0.29) is 12.1 Å². The number of hydrogen-bond donors (Lipinski definition) is 1. The summed E-state index contributed by atoms with van der Waals surface area (Å²) in [5.74, 6) is 0. The highest BCUT2D eigenvalue weighted by atomic mass is 16.2. The molecule has 1 amide bonds. The van der Waals surface area contributed by atoms with Crippen molar-refractivity contribution in [2.75, 3.05) is 0 Å². The molecular formula is C12H14N2O. The van der Waals surface area contributed by atoms with Crippen LogP contribution in [0.2, 0.25) is 0 Å². The van der Waals surface area contributed by atoms with Gasteiger partial charge in [0.15, 0.2) is 0 Å². The van der Waals surface area contributed by atoms with Gasteiger partial charge in [-0.15, -0.1) is 0 Å². The van der Waals surface area contributed by atoms with Gasteiger partial charge in [0, 0.05) is 17.6 Å². The first-order valence-corrected chi connectivity index (χ1v) is 5.05. The molecule has 15 heavy (non-hydrogen) atoms. The molecule has 2 aromatic rings. The summed E-state index contributed by atoms with van der Waals surface area (Å²) in [5.41, 5.74) is 0.940. The minimum absolute atomic E-state index is 0.0776. The lowest BCUT2D eigenvalue weighted by molar-refractivity contribution is 0.241. The maximum Gasteiger partial charge on any atom is 0.326 e. The molecule has 0 bridgehead atoms. The molecule has 1 heterocycles. The third kappa shape index (κ3) is 1.86. The lowest BCUT2D eigenvalue weighted by Crippen LogP contribution is -2.33. The Hall–Kier alpha value is -1.77. The largest absolute Gasteiger partial charge is 0.335 e. The van der Waals surface area contributed by atoms with Crippen LogP contribution in [0.1, 0.15) is 13.8 Å². The van der Waals surface area contributed by atoms with Gasteiger partial charge in [-0.3, -0.25) is 4.57 Å². The number of rotatable bonds is 1. The van der Waals surface area contributed by atoms with E-state index in [9.17, 15) is 4.79 Å². The number of nitrogens with one attached hydrogen (secondary N) is 1. The summed E-state index contributed by atoms with van der Waals surface area (Å²) in [7, 11) is 0. The lowest BCUT2D eigenvalue weighted by Gasteiger charge is -2.09. The molecule has 1 aromatic carbocycles. The Morgan fingerprint density at radius 1 is 1.27 bits per heavy atom. The molecule has 0 radical (unpaired) electrons. The summed E-state index contributed by atoms with van der Waals surface area (Å²) < 4.78 is 1.63. The minimum atomic E-state index is -0.0776. The van der Waals surface area contributed by atoms with Gasteiger partial charge in [0.1, 0.15) is 0 Å². The van der Waals surface area contributed by atoms with Crippen molar-refractivity contribution in [3.05, 3.63) is 36.5 Å². The Kier molecular flexibility index (Phi) is 2.46. The highest BCUT2D eigenvalue weighted by Crippen LogP contribution is 2.14. The van der Waals surface area contributed by atoms with Crippen LogP contribution in [0.5, 0.6) is 0 Å². The van der Waals surface area contributed by atoms with Crippen molar-refractivity contribution in [1.82, 2.24) is 9.88 Å².